The van der Waals surface area contributed by atoms with Crippen LogP contribution < -0.4 is 4.90 Å². The maximum absolute atomic E-state index is 14.0. The number of hydrogen-bond acceptors (Lipinski definition) is 3. The molecule has 8 heteroatoms. The van der Waals surface area contributed by atoms with Crippen LogP contribution in [0.1, 0.15) is 12.0 Å². The van der Waals surface area contributed by atoms with Crippen molar-refractivity contribution in [1.29, 1.82) is 0 Å². The van der Waals surface area contributed by atoms with E-state index >= 15 is 0 Å². The molecule has 1 unspecified atom stereocenters. The molecule has 0 aliphatic carbocycles. The maximum atomic E-state index is 14.0. The first-order valence-electron chi connectivity index (χ1n) is 5.86. The summed E-state index contributed by atoms with van der Waals surface area (Å²) in [5, 5.41) is 0. The molecule has 1 aliphatic rings. The van der Waals surface area contributed by atoms with Gasteiger partial charge in [0, 0.05) is 29.6 Å². The molecule has 1 aromatic rings. The molecule has 1 atom stereocenters. The number of amides is 1. The molecule has 0 saturated carbocycles. The second-order valence-corrected chi connectivity index (χ2v) is 7.63. The maximum Gasteiger partial charge on any atom is 0.232 e. The van der Waals surface area contributed by atoms with Crippen molar-refractivity contribution in [3.63, 3.8) is 0 Å². The minimum absolute atomic E-state index is 0.0674. The topological polar surface area (TPSA) is 54.5 Å². The minimum Gasteiger partial charge on any atom is -0.307 e. The van der Waals surface area contributed by atoms with E-state index in [0.29, 0.717) is 0 Å². The van der Waals surface area contributed by atoms with Crippen molar-refractivity contribution in [2.24, 2.45) is 5.92 Å². The van der Waals surface area contributed by atoms with Gasteiger partial charge in [-0.1, -0.05) is 6.07 Å². The lowest BCUT2D eigenvalue weighted by molar-refractivity contribution is -0.117. The molecule has 4 nitrogen and oxygen atoms in total. The van der Waals surface area contributed by atoms with E-state index < -0.39 is 44.0 Å². The molecule has 1 aliphatic heterocycles. The lowest BCUT2D eigenvalue weighted by atomic mass is 10.1. The lowest BCUT2D eigenvalue weighted by Gasteiger charge is -2.19. The summed E-state index contributed by atoms with van der Waals surface area (Å²) >= 11 is 0. The highest BCUT2D eigenvalue weighted by Gasteiger charge is 2.36. The van der Waals surface area contributed by atoms with Crippen LogP contribution in [-0.2, 0) is 13.8 Å². The molecular formula is C12H12ClF2NO3S. The largest absolute Gasteiger partial charge is 0.307 e. The average Bonchev–Trinajstić information content (AvgIpc) is 2.63. The Balaban J connectivity index is 2.31. The molecule has 0 aromatic heterocycles. The van der Waals surface area contributed by atoms with E-state index in [9.17, 15) is 22.0 Å². The molecular weight excluding hydrogens is 312 g/mol. The van der Waals surface area contributed by atoms with Crippen molar-refractivity contribution in [2.45, 2.75) is 13.3 Å². The fraction of sp³-hybridized carbons (Fsp3) is 0.417. The first kappa shape index (κ1) is 15.2. The summed E-state index contributed by atoms with van der Waals surface area (Å²) in [4.78, 5) is 12.8. The van der Waals surface area contributed by atoms with Crippen LogP contribution >= 0.6 is 10.7 Å². The predicted molar refractivity (Wildman–Crippen MR) is 71.2 cm³/mol. The summed E-state index contributed by atoms with van der Waals surface area (Å²) in [5.41, 5.74) is -0.216. The second kappa shape index (κ2) is 5.29. The van der Waals surface area contributed by atoms with Crippen molar-refractivity contribution >= 4 is 31.3 Å². The van der Waals surface area contributed by atoms with Crippen molar-refractivity contribution in [2.75, 3.05) is 17.2 Å². The van der Waals surface area contributed by atoms with Gasteiger partial charge in [-0.05, 0) is 18.6 Å². The van der Waals surface area contributed by atoms with Crippen LogP contribution in [0.3, 0.4) is 0 Å². The van der Waals surface area contributed by atoms with E-state index in [1.807, 2.05) is 0 Å². The van der Waals surface area contributed by atoms with Gasteiger partial charge in [-0.3, -0.25) is 4.79 Å². The van der Waals surface area contributed by atoms with Crippen LogP contribution in [0.4, 0.5) is 14.5 Å². The minimum atomic E-state index is -3.76. The zero-order valence-corrected chi connectivity index (χ0v) is 12.1. The van der Waals surface area contributed by atoms with Gasteiger partial charge in [0.05, 0.1) is 5.75 Å². The molecule has 1 heterocycles. The molecule has 20 heavy (non-hydrogen) atoms. The molecule has 0 radical (unpaired) electrons. The third-order valence-corrected chi connectivity index (χ3v) is 4.42. The quantitative estimate of drug-likeness (QED) is 0.801. The average molecular weight is 324 g/mol. The van der Waals surface area contributed by atoms with E-state index in [0.717, 1.165) is 11.0 Å². The molecule has 1 fully saturated rings. The van der Waals surface area contributed by atoms with Gasteiger partial charge in [0.2, 0.25) is 15.0 Å². The monoisotopic (exact) mass is 323 g/mol. The molecule has 1 aromatic carbocycles. The summed E-state index contributed by atoms with van der Waals surface area (Å²) in [6.45, 7) is 1.39. The molecule has 0 N–H and O–H groups in total. The van der Waals surface area contributed by atoms with Crippen LogP contribution in [0.5, 0.6) is 0 Å². The third kappa shape index (κ3) is 3.09. The number of rotatable bonds is 3. The number of halogens is 3. The van der Waals surface area contributed by atoms with E-state index in [2.05, 4.69) is 0 Å². The summed E-state index contributed by atoms with van der Waals surface area (Å²) in [5.74, 6) is -3.14. The number of carbonyl (C=O) groups is 1. The Hall–Kier alpha value is -1.21. The number of carbonyl (C=O) groups excluding carboxylic acids is 1. The van der Waals surface area contributed by atoms with Crippen molar-refractivity contribution in [3.05, 3.63) is 29.3 Å². The number of hydrogen-bond donors (Lipinski definition) is 0. The van der Waals surface area contributed by atoms with Crippen LogP contribution in [0.15, 0.2) is 12.1 Å². The highest BCUT2D eigenvalue weighted by Crippen LogP contribution is 2.32. The zero-order chi connectivity index (χ0) is 15.1. The van der Waals surface area contributed by atoms with Crippen molar-refractivity contribution in [3.8, 4) is 0 Å². The van der Waals surface area contributed by atoms with Crippen LogP contribution in [0, 0.1) is 24.5 Å². The molecule has 0 spiro atoms. The number of anilines is 1. The zero-order valence-electron chi connectivity index (χ0n) is 10.6. The fourth-order valence-electron chi connectivity index (χ4n) is 2.28. The second-order valence-electron chi connectivity index (χ2n) is 4.81. The Bertz CT molecular complexity index is 663. The first-order chi connectivity index (χ1) is 9.19. The smallest absolute Gasteiger partial charge is 0.232 e. The summed E-state index contributed by atoms with van der Waals surface area (Å²) < 4.78 is 49.7. The SMILES string of the molecule is Cc1ccc(F)c(N2CC(CS(=O)(=O)Cl)CC2=O)c1F. The summed E-state index contributed by atoms with van der Waals surface area (Å²) in [7, 11) is 1.38. The van der Waals surface area contributed by atoms with Crippen LogP contribution in [0.25, 0.3) is 0 Å². The fourth-order valence-corrected chi connectivity index (χ4v) is 3.60. The van der Waals surface area contributed by atoms with Gasteiger partial charge < -0.3 is 4.90 Å². The Morgan fingerprint density at radius 1 is 1.40 bits per heavy atom. The molecule has 110 valence electrons. The van der Waals surface area contributed by atoms with Crippen LogP contribution in [-0.4, -0.2) is 26.6 Å². The van der Waals surface area contributed by atoms with Gasteiger partial charge in [0.25, 0.3) is 0 Å². The third-order valence-electron chi connectivity index (χ3n) is 3.17. The molecule has 1 amide bonds. The van der Waals surface area contributed by atoms with Crippen molar-refractivity contribution < 1.29 is 22.0 Å². The Morgan fingerprint density at radius 3 is 2.65 bits per heavy atom. The number of aryl methyl sites for hydroxylation is 1. The van der Waals surface area contributed by atoms with Gasteiger partial charge in [-0.2, -0.15) is 0 Å². The van der Waals surface area contributed by atoms with E-state index in [-0.39, 0.29) is 18.5 Å². The van der Waals surface area contributed by atoms with Gasteiger partial charge in [0.1, 0.15) is 11.5 Å². The Kier molecular flexibility index (Phi) is 4.02. The number of benzene rings is 1. The normalized spacial score (nSPS) is 19.7. The van der Waals surface area contributed by atoms with Gasteiger partial charge >= 0.3 is 0 Å². The Labute approximate surface area is 119 Å². The van der Waals surface area contributed by atoms with Crippen molar-refractivity contribution in [1.82, 2.24) is 0 Å². The highest BCUT2D eigenvalue weighted by atomic mass is 35.7. The van der Waals surface area contributed by atoms with Crippen LogP contribution in [0.2, 0.25) is 0 Å². The van der Waals surface area contributed by atoms with Gasteiger partial charge in [0.15, 0.2) is 5.82 Å². The Morgan fingerprint density at radius 2 is 2.05 bits per heavy atom. The first-order valence-corrected chi connectivity index (χ1v) is 8.34. The van der Waals surface area contributed by atoms with E-state index in [4.69, 9.17) is 10.7 Å². The van der Waals surface area contributed by atoms with E-state index in [1.165, 1.54) is 13.0 Å². The molecule has 2 rings (SSSR count). The summed E-state index contributed by atoms with van der Waals surface area (Å²) in [6, 6.07) is 2.35. The standard InChI is InChI=1S/C12H12ClF2NO3S/c1-7-2-3-9(14)12(11(7)15)16-5-8(4-10(16)17)6-20(13,18)19/h2-3,8H,4-6H2,1H3. The summed E-state index contributed by atoms with van der Waals surface area (Å²) in [6.07, 6.45) is -0.0984. The highest BCUT2D eigenvalue weighted by molar-refractivity contribution is 8.13. The van der Waals surface area contributed by atoms with Gasteiger partial charge in [-0.15, -0.1) is 0 Å². The van der Waals surface area contributed by atoms with Gasteiger partial charge in [-0.25, -0.2) is 17.2 Å². The van der Waals surface area contributed by atoms with E-state index in [1.54, 1.807) is 0 Å². The predicted octanol–water partition coefficient (Wildman–Crippen LogP) is 2.19. The molecule has 0 bridgehead atoms. The lowest BCUT2D eigenvalue weighted by Crippen LogP contribution is -2.27. The number of nitrogens with zero attached hydrogens (tertiary/aromatic N) is 1. The molecule has 1 saturated heterocycles.